The third kappa shape index (κ3) is 4.14. The molecule has 0 spiro atoms. The lowest BCUT2D eigenvalue weighted by Crippen LogP contribution is -2.46. The second kappa shape index (κ2) is 7.60. The van der Waals surface area contributed by atoms with Crippen LogP contribution in [0.3, 0.4) is 0 Å². The third-order valence-electron chi connectivity index (χ3n) is 4.74. The molecule has 1 aliphatic rings. The number of sulfonamides is 1. The van der Waals surface area contributed by atoms with Crippen LogP contribution in [0.1, 0.15) is 42.5 Å². The van der Waals surface area contributed by atoms with Crippen LogP contribution >= 0.6 is 0 Å². The highest BCUT2D eigenvalue weighted by Crippen LogP contribution is 2.29. The zero-order valence-corrected chi connectivity index (χ0v) is 15.8. The van der Waals surface area contributed by atoms with Gasteiger partial charge in [0.25, 0.3) is 0 Å². The van der Waals surface area contributed by atoms with E-state index in [-0.39, 0.29) is 16.8 Å². The van der Waals surface area contributed by atoms with Gasteiger partial charge in [-0.05, 0) is 56.4 Å². The lowest BCUT2D eigenvalue weighted by molar-refractivity contribution is -0.123. The Labute approximate surface area is 154 Å². The van der Waals surface area contributed by atoms with E-state index in [1.54, 1.807) is 31.2 Å². The fourth-order valence-electron chi connectivity index (χ4n) is 3.27. The van der Waals surface area contributed by atoms with Crippen molar-refractivity contribution >= 4 is 15.9 Å². The molecular formula is C20H24N2O3S. The molecule has 138 valence electrons. The van der Waals surface area contributed by atoms with E-state index in [4.69, 9.17) is 0 Å². The van der Waals surface area contributed by atoms with Gasteiger partial charge in [0, 0.05) is 0 Å². The van der Waals surface area contributed by atoms with Crippen molar-refractivity contribution in [3.8, 4) is 0 Å². The standard InChI is InChI=1S/C20H24N2O3S/c1-14-10-12-17(13-11-14)26(24,25)22-15(2)20(23)21-19-9-5-7-16-6-3-4-8-18(16)19/h3-4,6,8,10-13,15,19,22H,5,7,9H2,1-2H3,(H,21,23). The molecule has 2 atom stereocenters. The van der Waals surface area contributed by atoms with Crippen LogP contribution in [0.25, 0.3) is 0 Å². The molecule has 0 saturated heterocycles. The summed E-state index contributed by atoms with van der Waals surface area (Å²) in [5, 5.41) is 2.99. The van der Waals surface area contributed by atoms with Crippen LogP contribution in [0.4, 0.5) is 0 Å². The quantitative estimate of drug-likeness (QED) is 0.847. The predicted octanol–water partition coefficient (Wildman–Crippen LogP) is 2.86. The Kier molecular flexibility index (Phi) is 5.44. The van der Waals surface area contributed by atoms with Gasteiger partial charge >= 0.3 is 0 Å². The van der Waals surface area contributed by atoms with Crippen molar-refractivity contribution in [1.29, 1.82) is 0 Å². The zero-order valence-electron chi connectivity index (χ0n) is 15.0. The van der Waals surface area contributed by atoms with Gasteiger partial charge < -0.3 is 5.32 Å². The van der Waals surface area contributed by atoms with Gasteiger partial charge in [0.05, 0.1) is 17.0 Å². The largest absolute Gasteiger partial charge is 0.348 e. The van der Waals surface area contributed by atoms with E-state index in [0.717, 1.165) is 30.4 Å². The molecule has 1 aliphatic carbocycles. The fourth-order valence-corrected chi connectivity index (χ4v) is 4.48. The van der Waals surface area contributed by atoms with E-state index in [0.29, 0.717) is 0 Å². The smallest absolute Gasteiger partial charge is 0.241 e. The summed E-state index contributed by atoms with van der Waals surface area (Å²) in [7, 11) is -3.73. The van der Waals surface area contributed by atoms with E-state index in [1.807, 2.05) is 25.1 Å². The monoisotopic (exact) mass is 372 g/mol. The van der Waals surface area contributed by atoms with Crippen LogP contribution in [0, 0.1) is 6.92 Å². The minimum atomic E-state index is -3.73. The maximum absolute atomic E-state index is 12.5. The first-order valence-corrected chi connectivity index (χ1v) is 10.3. The average molecular weight is 372 g/mol. The van der Waals surface area contributed by atoms with E-state index in [2.05, 4.69) is 16.1 Å². The molecule has 0 bridgehead atoms. The van der Waals surface area contributed by atoms with Crippen LogP contribution in [0.5, 0.6) is 0 Å². The molecule has 2 unspecified atom stereocenters. The van der Waals surface area contributed by atoms with Crippen molar-refractivity contribution in [2.75, 3.05) is 0 Å². The predicted molar refractivity (Wildman–Crippen MR) is 101 cm³/mol. The van der Waals surface area contributed by atoms with Gasteiger partial charge in [-0.1, -0.05) is 42.0 Å². The summed E-state index contributed by atoms with van der Waals surface area (Å²) in [6.45, 7) is 3.46. The van der Waals surface area contributed by atoms with Gasteiger partial charge in [0.1, 0.15) is 0 Å². The molecule has 6 heteroatoms. The second-order valence-corrected chi connectivity index (χ2v) is 8.52. The Morgan fingerprint density at radius 1 is 1.12 bits per heavy atom. The van der Waals surface area contributed by atoms with Crippen molar-refractivity contribution in [3.05, 3.63) is 65.2 Å². The van der Waals surface area contributed by atoms with Gasteiger partial charge in [-0.15, -0.1) is 0 Å². The normalized spacial score (nSPS) is 18.0. The van der Waals surface area contributed by atoms with Gasteiger partial charge in [-0.3, -0.25) is 4.79 Å². The van der Waals surface area contributed by atoms with Crippen molar-refractivity contribution in [2.24, 2.45) is 0 Å². The summed E-state index contributed by atoms with van der Waals surface area (Å²) in [5.74, 6) is -0.317. The number of aryl methyl sites for hydroxylation is 2. The van der Waals surface area contributed by atoms with Crippen LogP contribution in [-0.2, 0) is 21.2 Å². The van der Waals surface area contributed by atoms with E-state index < -0.39 is 16.1 Å². The van der Waals surface area contributed by atoms with Crippen LogP contribution in [0.2, 0.25) is 0 Å². The highest BCUT2D eigenvalue weighted by Gasteiger charge is 2.26. The number of nitrogens with one attached hydrogen (secondary N) is 2. The molecule has 0 heterocycles. The zero-order chi connectivity index (χ0) is 18.7. The lowest BCUT2D eigenvalue weighted by atomic mass is 9.87. The maximum Gasteiger partial charge on any atom is 0.241 e. The number of fused-ring (bicyclic) bond motifs is 1. The SMILES string of the molecule is Cc1ccc(S(=O)(=O)NC(C)C(=O)NC2CCCc3ccccc32)cc1. The summed E-state index contributed by atoms with van der Waals surface area (Å²) in [5.41, 5.74) is 3.35. The summed E-state index contributed by atoms with van der Waals surface area (Å²) in [6.07, 6.45) is 2.88. The highest BCUT2D eigenvalue weighted by atomic mass is 32.2. The molecule has 0 fully saturated rings. The molecule has 0 aliphatic heterocycles. The Morgan fingerprint density at radius 3 is 2.54 bits per heavy atom. The average Bonchev–Trinajstić information content (AvgIpc) is 2.62. The lowest BCUT2D eigenvalue weighted by Gasteiger charge is -2.27. The topological polar surface area (TPSA) is 75.3 Å². The van der Waals surface area contributed by atoms with Crippen molar-refractivity contribution in [2.45, 2.75) is 50.1 Å². The molecule has 2 N–H and O–H groups in total. The number of hydrogen-bond acceptors (Lipinski definition) is 3. The highest BCUT2D eigenvalue weighted by molar-refractivity contribution is 7.89. The molecule has 2 aromatic carbocycles. The fraction of sp³-hybridized carbons (Fsp3) is 0.350. The minimum absolute atomic E-state index is 0.0706. The number of carbonyl (C=O) groups excluding carboxylic acids is 1. The Morgan fingerprint density at radius 2 is 1.81 bits per heavy atom. The molecule has 3 rings (SSSR count). The third-order valence-corrected chi connectivity index (χ3v) is 6.30. The molecular weight excluding hydrogens is 348 g/mol. The Hall–Kier alpha value is -2.18. The van der Waals surface area contributed by atoms with Crippen LogP contribution in [-0.4, -0.2) is 20.4 Å². The molecule has 0 aromatic heterocycles. The molecule has 0 saturated carbocycles. The van der Waals surface area contributed by atoms with Gasteiger partial charge in [0.15, 0.2) is 0 Å². The number of carbonyl (C=O) groups is 1. The van der Waals surface area contributed by atoms with Gasteiger partial charge in [-0.2, -0.15) is 4.72 Å². The summed E-state index contributed by atoms with van der Waals surface area (Å²) in [6, 6.07) is 13.7. The van der Waals surface area contributed by atoms with E-state index >= 15 is 0 Å². The first-order chi connectivity index (χ1) is 12.4. The molecule has 2 aromatic rings. The second-order valence-electron chi connectivity index (χ2n) is 6.81. The summed E-state index contributed by atoms with van der Waals surface area (Å²) < 4.78 is 27.4. The van der Waals surface area contributed by atoms with Crippen LogP contribution < -0.4 is 10.0 Å². The molecule has 26 heavy (non-hydrogen) atoms. The first-order valence-electron chi connectivity index (χ1n) is 8.84. The Bertz CT molecular complexity index is 892. The molecule has 1 amide bonds. The number of amides is 1. The number of rotatable bonds is 5. The minimum Gasteiger partial charge on any atom is -0.348 e. The van der Waals surface area contributed by atoms with Gasteiger partial charge in [0.2, 0.25) is 15.9 Å². The summed E-state index contributed by atoms with van der Waals surface area (Å²) in [4.78, 5) is 12.7. The maximum atomic E-state index is 12.5. The van der Waals surface area contributed by atoms with Gasteiger partial charge in [-0.25, -0.2) is 8.42 Å². The first kappa shape index (κ1) is 18.6. The number of hydrogen-bond donors (Lipinski definition) is 2. The molecule has 5 nitrogen and oxygen atoms in total. The van der Waals surface area contributed by atoms with Crippen molar-refractivity contribution in [3.63, 3.8) is 0 Å². The molecule has 0 radical (unpaired) electrons. The van der Waals surface area contributed by atoms with E-state index in [9.17, 15) is 13.2 Å². The van der Waals surface area contributed by atoms with Crippen LogP contribution in [0.15, 0.2) is 53.4 Å². The summed E-state index contributed by atoms with van der Waals surface area (Å²) >= 11 is 0. The van der Waals surface area contributed by atoms with Crippen molar-refractivity contribution < 1.29 is 13.2 Å². The number of benzene rings is 2. The van der Waals surface area contributed by atoms with Crippen molar-refractivity contribution in [1.82, 2.24) is 10.0 Å². The van der Waals surface area contributed by atoms with E-state index in [1.165, 1.54) is 5.56 Å². The Balaban J connectivity index is 1.68.